The maximum Gasteiger partial charge on any atom is 0.0705 e. The molecule has 2 aromatic carbocycles. The van der Waals surface area contributed by atoms with Crippen molar-refractivity contribution in [1.29, 1.82) is 0 Å². The van der Waals surface area contributed by atoms with Crippen LogP contribution in [0.25, 0.3) is 10.9 Å². The highest BCUT2D eigenvalue weighted by atomic mass is 14.7. The average molecular weight is 245 g/mol. The van der Waals surface area contributed by atoms with E-state index in [0.717, 1.165) is 11.2 Å². The fourth-order valence-electron chi connectivity index (χ4n) is 2.34. The summed E-state index contributed by atoms with van der Waals surface area (Å²) in [5.74, 6) is 0.144. The Morgan fingerprint density at radius 3 is 2.37 bits per heavy atom. The number of nitrogens with zero attached hydrogens (tertiary/aromatic N) is 1. The molecule has 1 nitrogen and oxygen atoms in total. The van der Waals surface area contributed by atoms with Gasteiger partial charge in [0.25, 0.3) is 0 Å². The smallest absolute Gasteiger partial charge is 0.0705 e. The molecule has 92 valence electrons. The number of hydrogen-bond donors (Lipinski definition) is 0. The zero-order valence-corrected chi connectivity index (χ0v) is 10.7. The van der Waals surface area contributed by atoms with Gasteiger partial charge >= 0.3 is 0 Å². The monoisotopic (exact) mass is 245 g/mol. The van der Waals surface area contributed by atoms with Gasteiger partial charge in [-0.25, -0.2) is 0 Å². The van der Waals surface area contributed by atoms with Crippen molar-refractivity contribution in [2.45, 2.75) is 5.92 Å². The van der Waals surface area contributed by atoms with Crippen LogP contribution >= 0.6 is 0 Å². The van der Waals surface area contributed by atoms with Gasteiger partial charge in [0.2, 0.25) is 0 Å². The van der Waals surface area contributed by atoms with Crippen LogP contribution in [0.15, 0.2) is 79.4 Å². The first-order chi connectivity index (χ1) is 9.38. The Morgan fingerprint density at radius 2 is 1.58 bits per heavy atom. The standard InChI is InChI=1S/C18H15N/c1-2-16(14-8-4-3-5-9-14)18-13-12-15-10-6-7-11-17(15)19-18/h2-13,16H,1H2. The van der Waals surface area contributed by atoms with E-state index in [2.05, 4.69) is 36.9 Å². The second kappa shape index (κ2) is 5.07. The number of rotatable bonds is 3. The summed E-state index contributed by atoms with van der Waals surface area (Å²) in [5, 5.41) is 1.17. The molecule has 0 spiro atoms. The predicted octanol–water partition coefficient (Wildman–Crippen LogP) is 4.55. The van der Waals surface area contributed by atoms with Gasteiger partial charge in [0.05, 0.1) is 11.2 Å². The van der Waals surface area contributed by atoms with E-state index in [-0.39, 0.29) is 5.92 Å². The van der Waals surface area contributed by atoms with Crippen LogP contribution in [0.4, 0.5) is 0 Å². The first-order valence-electron chi connectivity index (χ1n) is 6.41. The summed E-state index contributed by atoms with van der Waals surface area (Å²) in [6.45, 7) is 3.95. The van der Waals surface area contributed by atoms with E-state index in [1.165, 1.54) is 10.9 Å². The van der Waals surface area contributed by atoms with Crippen molar-refractivity contribution < 1.29 is 0 Å². The first-order valence-corrected chi connectivity index (χ1v) is 6.41. The van der Waals surface area contributed by atoms with Gasteiger partial charge in [0.1, 0.15) is 0 Å². The van der Waals surface area contributed by atoms with Gasteiger partial charge in [-0.1, -0.05) is 60.7 Å². The van der Waals surface area contributed by atoms with Gasteiger partial charge in [-0.3, -0.25) is 4.98 Å². The van der Waals surface area contributed by atoms with Gasteiger partial charge in [-0.2, -0.15) is 0 Å². The molecule has 3 aromatic rings. The van der Waals surface area contributed by atoms with E-state index in [1.54, 1.807) is 0 Å². The Hall–Kier alpha value is -2.41. The topological polar surface area (TPSA) is 12.9 Å². The first kappa shape index (κ1) is 11.7. The maximum absolute atomic E-state index is 4.75. The molecule has 0 aliphatic carbocycles. The zero-order valence-electron chi connectivity index (χ0n) is 10.7. The molecule has 0 aliphatic rings. The van der Waals surface area contributed by atoms with Crippen LogP contribution in [0, 0.1) is 0 Å². The summed E-state index contributed by atoms with van der Waals surface area (Å²) in [5.41, 5.74) is 3.29. The Labute approximate surface area is 113 Å². The minimum absolute atomic E-state index is 0.144. The van der Waals surface area contributed by atoms with Crippen LogP contribution in [0.3, 0.4) is 0 Å². The van der Waals surface area contributed by atoms with Crippen LogP contribution in [0.5, 0.6) is 0 Å². The number of para-hydroxylation sites is 1. The largest absolute Gasteiger partial charge is 0.252 e. The number of fused-ring (bicyclic) bond motifs is 1. The van der Waals surface area contributed by atoms with E-state index in [1.807, 2.05) is 42.5 Å². The van der Waals surface area contributed by atoms with Crippen LogP contribution in [-0.4, -0.2) is 4.98 Å². The molecule has 0 fully saturated rings. The summed E-state index contributed by atoms with van der Waals surface area (Å²) in [7, 11) is 0. The minimum atomic E-state index is 0.144. The van der Waals surface area contributed by atoms with Crippen molar-refractivity contribution in [3.05, 3.63) is 90.6 Å². The van der Waals surface area contributed by atoms with Gasteiger partial charge < -0.3 is 0 Å². The van der Waals surface area contributed by atoms with Crippen molar-refractivity contribution >= 4 is 10.9 Å². The second-order valence-electron chi connectivity index (χ2n) is 4.55. The molecular weight excluding hydrogens is 230 g/mol. The maximum atomic E-state index is 4.75. The lowest BCUT2D eigenvalue weighted by atomic mass is 9.95. The lowest BCUT2D eigenvalue weighted by Crippen LogP contribution is -2.00. The molecule has 0 saturated carbocycles. The molecule has 0 amide bonds. The van der Waals surface area contributed by atoms with Crippen molar-refractivity contribution in [2.24, 2.45) is 0 Å². The average Bonchev–Trinajstić information content (AvgIpc) is 2.49. The van der Waals surface area contributed by atoms with Crippen LogP contribution in [0.2, 0.25) is 0 Å². The molecule has 1 atom stereocenters. The summed E-state index contributed by atoms with van der Waals surface area (Å²) in [4.78, 5) is 4.75. The Morgan fingerprint density at radius 1 is 0.842 bits per heavy atom. The van der Waals surface area contributed by atoms with Crippen LogP contribution < -0.4 is 0 Å². The van der Waals surface area contributed by atoms with E-state index < -0.39 is 0 Å². The number of hydrogen-bond acceptors (Lipinski definition) is 1. The molecule has 0 N–H and O–H groups in total. The van der Waals surface area contributed by atoms with Crippen molar-refractivity contribution in [2.75, 3.05) is 0 Å². The third kappa shape index (κ3) is 2.27. The summed E-state index contributed by atoms with van der Waals surface area (Å²) in [6.07, 6.45) is 1.95. The van der Waals surface area contributed by atoms with E-state index in [0.29, 0.717) is 0 Å². The number of aromatic nitrogens is 1. The molecular formula is C18H15N. The fraction of sp³-hybridized carbons (Fsp3) is 0.0556. The predicted molar refractivity (Wildman–Crippen MR) is 80.2 cm³/mol. The quantitative estimate of drug-likeness (QED) is 0.617. The lowest BCUT2D eigenvalue weighted by molar-refractivity contribution is 0.971. The van der Waals surface area contributed by atoms with Crippen molar-refractivity contribution in [3.8, 4) is 0 Å². The molecule has 0 bridgehead atoms. The normalized spacial score (nSPS) is 12.2. The molecule has 3 rings (SSSR count). The van der Waals surface area contributed by atoms with Gasteiger partial charge in [0.15, 0.2) is 0 Å². The van der Waals surface area contributed by atoms with Gasteiger partial charge in [-0.05, 0) is 17.7 Å². The Balaban J connectivity index is 2.09. The molecule has 0 radical (unpaired) electrons. The highest BCUT2D eigenvalue weighted by molar-refractivity contribution is 5.78. The van der Waals surface area contributed by atoms with Gasteiger partial charge in [0, 0.05) is 11.3 Å². The summed E-state index contributed by atoms with van der Waals surface area (Å²) in [6, 6.07) is 22.7. The summed E-state index contributed by atoms with van der Waals surface area (Å²) < 4.78 is 0. The van der Waals surface area contributed by atoms with Crippen molar-refractivity contribution in [1.82, 2.24) is 4.98 Å². The SMILES string of the molecule is C=CC(c1ccccc1)c1ccc2ccccc2n1. The third-order valence-corrected chi connectivity index (χ3v) is 3.33. The number of pyridine rings is 1. The summed E-state index contributed by atoms with van der Waals surface area (Å²) >= 11 is 0. The molecule has 1 heteroatoms. The third-order valence-electron chi connectivity index (χ3n) is 3.33. The number of benzene rings is 2. The Kier molecular flexibility index (Phi) is 3.11. The highest BCUT2D eigenvalue weighted by Gasteiger charge is 2.11. The zero-order chi connectivity index (χ0) is 13.1. The van der Waals surface area contributed by atoms with Crippen LogP contribution in [-0.2, 0) is 0 Å². The van der Waals surface area contributed by atoms with Crippen molar-refractivity contribution in [3.63, 3.8) is 0 Å². The molecule has 0 aliphatic heterocycles. The lowest BCUT2D eigenvalue weighted by Gasteiger charge is -2.13. The molecule has 1 heterocycles. The fourth-order valence-corrected chi connectivity index (χ4v) is 2.34. The van der Waals surface area contributed by atoms with Crippen LogP contribution in [0.1, 0.15) is 17.2 Å². The molecule has 1 aromatic heterocycles. The van der Waals surface area contributed by atoms with E-state index in [4.69, 9.17) is 4.98 Å². The molecule has 19 heavy (non-hydrogen) atoms. The highest BCUT2D eigenvalue weighted by Crippen LogP contribution is 2.25. The van der Waals surface area contributed by atoms with Gasteiger partial charge in [-0.15, -0.1) is 6.58 Å². The van der Waals surface area contributed by atoms with E-state index in [9.17, 15) is 0 Å². The molecule has 0 saturated heterocycles. The Bertz CT molecular complexity index is 701. The minimum Gasteiger partial charge on any atom is -0.252 e. The molecule has 1 unspecified atom stereocenters. The van der Waals surface area contributed by atoms with E-state index >= 15 is 0 Å². The number of allylic oxidation sites excluding steroid dienone is 1. The second-order valence-corrected chi connectivity index (χ2v) is 4.55.